The van der Waals surface area contributed by atoms with Crippen molar-refractivity contribution in [2.24, 2.45) is 5.29 Å². The van der Waals surface area contributed by atoms with Crippen molar-refractivity contribution in [2.75, 3.05) is 18.2 Å². The van der Waals surface area contributed by atoms with E-state index in [1.165, 1.54) is 5.01 Å². The van der Waals surface area contributed by atoms with E-state index in [1.807, 2.05) is 0 Å². The summed E-state index contributed by atoms with van der Waals surface area (Å²) in [5.41, 5.74) is 0. The van der Waals surface area contributed by atoms with Crippen molar-refractivity contribution in [3.8, 4) is 0 Å². The van der Waals surface area contributed by atoms with Gasteiger partial charge in [0.15, 0.2) is 0 Å². The second-order valence-corrected chi connectivity index (χ2v) is 2.42. The normalized spacial score (nSPS) is 20.3. The molecule has 0 aromatic carbocycles. The van der Waals surface area contributed by atoms with Crippen LogP contribution in [0.5, 0.6) is 0 Å². The molecular formula is C3H6N2OS. The second-order valence-electron chi connectivity index (χ2n) is 1.35. The lowest BCUT2D eigenvalue weighted by Crippen LogP contribution is -2.09. The fraction of sp³-hybridized carbons (Fsp3) is 1.00. The Morgan fingerprint density at radius 1 is 1.71 bits per heavy atom. The molecule has 3 nitrogen and oxygen atoms in total. The van der Waals surface area contributed by atoms with Crippen LogP contribution in [0.1, 0.15) is 0 Å². The van der Waals surface area contributed by atoms with Gasteiger partial charge in [-0.1, -0.05) is 0 Å². The molecule has 0 aromatic heterocycles. The summed E-state index contributed by atoms with van der Waals surface area (Å²) in [6.07, 6.45) is 0. The van der Waals surface area contributed by atoms with Crippen molar-refractivity contribution in [3.05, 3.63) is 4.91 Å². The van der Waals surface area contributed by atoms with Crippen molar-refractivity contribution in [2.45, 2.75) is 0 Å². The third kappa shape index (κ3) is 1.06. The van der Waals surface area contributed by atoms with Crippen LogP contribution in [0.3, 0.4) is 0 Å². The smallest absolute Gasteiger partial charge is 0.0847 e. The zero-order valence-corrected chi connectivity index (χ0v) is 4.65. The molecule has 0 radical (unpaired) electrons. The predicted octanol–water partition coefficient (Wildman–Crippen LogP) is 0.674. The van der Waals surface area contributed by atoms with E-state index >= 15 is 0 Å². The van der Waals surface area contributed by atoms with Gasteiger partial charge in [-0.15, -0.1) is 16.7 Å². The number of hydrogen-bond donors (Lipinski definition) is 0. The van der Waals surface area contributed by atoms with Gasteiger partial charge in [0.2, 0.25) is 0 Å². The molecule has 0 bridgehead atoms. The maximum Gasteiger partial charge on any atom is 0.0847 e. The van der Waals surface area contributed by atoms with Gasteiger partial charge in [-0.05, 0) is 0 Å². The van der Waals surface area contributed by atoms with Crippen LogP contribution in [0, 0.1) is 4.91 Å². The molecule has 4 heteroatoms. The molecule has 1 heterocycles. The van der Waals surface area contributed by atoms with Gasteiger partial charge in [0.1, 0.15) is 0 Å². The predicted molar refractivity (Wildman–Crippen MR) is 29.8 cm³/mol. The summed E-state index contributed by atoms with van der Waals surface area (Å²) in [5, 5.41) is 4.27. The molecule has 0 N–H and O–H groups in total. The second kappa shape index (κ2) is 2.16. The van der Waals surface area contributed by atoms with Crippen molar-refractivity contribution < 1.29 is 0 Å². The first kappa shape index (κ1) is 4.90. The number of nitroso groups, excluding NO2 is 1. The molecule has 0 amide bonds. The third-order valence-corrected chi connectivity index (χ3v) is 1.80. The highest BCUT2D eigenvalue weighted by atomic mass is 32.2. The van der Waals surface area contributed by atoms with E-state index in [1.54, 1.807) is 11.8 Å². The first-order valence-corrected chi connectivity index (χ1v) is 3.25. The van der Waals surface area contributed by atoms with Gasteiger partial charge in [0, 0.05) is 12.3 Å². The summed E-state index contributed by atoms with van der Waals surface area (Å²) >= 11 is 1.74. The zero-order chi connectivity index (χ0) is 5.11. The maximum atomic E-state index is 9.67. The lowest BCUT2D eigenvalue weighted by molar-refractivity contribution is 0.373. The maximum absolute atomic E-state index is 9.67. The highest BCUT2D eigenvalue weighted by Crippen LogP contribution is 2.11. The Morgan fingerprint density at radius 2 is 2.57 bits per heavy atom. The molecule has 0 spiro atoms. The molecule has 1 aliphatic heterocycles. The van der Waals surface area contributed by atoms with Crippen LogP contribution in [0.4, 0.5) is 0 Å². The van der Waals surface area contributed by atoms with E-state index in [2.05, 4.69) is 5.29 Å². The molecule has 1 fully saturated rings. The summed E-state index contributed by atoms with van der Waals surface area (Å²) in [4.78, 5) is 9.67. The standard InChI is InChI=1S/C3H6N2OS/c6-4-5-1-2-7-3-5/h1-3H2. The van der Waals surface area contributed by atoms with Crippen molar-refractivity contribution in [1.82, 2.24) is 5.01 Å². The minimum atomic E-state index is 0.781. The average molecular weight is 118 g/mol. The van der Waals surface area contributed by atoms with E-state index in [9.17, 15) is 4.91 Å². The highest BCUT2D eigenvalue weighted by Gasteiger charge is 2.08. The molecule has 40 valence electrons. The van der Waals surface area contributed by atoms with E-state index < -0.39 is 0 Å². The van der Waals surface area contributed by atoms with Gasteiger partial charge in [0.25, 0.3) is 0 Å². The fourth-order valence-corrected chi connectivity index (χ4v) is 1.32. The Morgan fingerprint density at radius 3 is 2.86 bits per heavy atom. The average Bonchev–Trinajstić information content (AvgIpc) is 2.14. The molecule has 0 aromatic rings. The molecule has 0 unspecified atom stereocenters. The van der Waals surface area contributed by atoms with Crippen LogP contribution in [0.15, 0.2) is 5.29 Å². The summed E-state index contributed by atoms with van der Waals surface area (Å²) in [7, 11) is 0. The Bertz CT molecular complexity index is 71.3. The number of rotatable bonds is 1. The minimum Gasteiger partial charge on any atom is -0.250 e. The molecule has 1 saturated heterocycles. The van der Waals surface area contributed by atoms with Crippen molar-refractivity contribution in [1.29, 1.82) is 0 Å². The largest absolute Gasteiger partial charge is 0.250 e. The molecule has 1 aliphatic rings. The Kier molecular flexibility index (Phi) is 1.51. The van der Waals surface area contributed by atoms with E-state index in [-0.39, 0.29) is 0 Å². The zero-order valence-electron chi connectivity index (χ0n) is 3.83. The first-order chi connectivity index (χ1) is 3.43. The van der Waals surface area contributed by atoms with Gasteiger partial charge in [-0.25, -0.2) is 0 Å². The van der Waals surface area contributed by atoms with Crippen LogP contribution in [0.25, 0.3) is 0 Å². The summed E-state index contributed by atoms with van der Waals surface area (Å²) in [6, 6.07) is 0. The third-order valence-electron chi connectivity index (χ3n) is 0.850. The lowest BCUT2D eigenvalue weighted by Gasteiger charge is -1.98. The molecule has 0 aliphatic carbocycles. The molecule has 0 saturated carbocycles. The Balaban J connectivity index is 2.26. The highest BCUT2D eigenvalue weighted by molar-refractivity contribution is 7.99. The van der Waals surface area contributed by atoms with E-state index in [4.69, 9.17) is 0 Å². The molecular weight excluding hydrogens is 112 g/mol. The monoisotopic (exact) mass is 118 g/mol. The van der Waals surface area contributed by atoms with Gasteiger partial charge in [-0.2, -0.15) is 0 Å². The molecule has 0 atom stereocenters. The number of nitrogens with zero attached hydrogens (tertiary/aromatic N) is 2. The van der Waals surface area contributed by atoms with Gasteiger partial charge >= 0.3 is 0 Å². The van der Waals surface area contributed by atoms with E-state index in [0.29, 0.717) is 0 Å². The van der Waals surface area contributed by atoms with Gasteiger partial charge < -0.3 is 0 Å². The quantitative estimate of drug-likeness (QED) is 0.474. The summed E-state index contributed by atoms with van der Waals surface area (Å²) in [6.45, 7) is 0.828. The van der Waals surface area contributed by atoms with Crippen LogP contribution >= 0.6 is 11.8 Å². The van der Waals surface area contributed by atoms with E-state index in [0.717, 1.165) is 18.2 Å². The van der Waals surface area contributed by atoms with Crippen LogP contribution in [-0.2, 0) is 0 Å². The first-order valence-electron chi connectivity index (χ1n) is 2.09. The van der Waals surface area contributed by atoms with Crippen LogP contribution in [0.2, 0.25) is 0 Å². The van der Waals surface area contributed by atoms with Crippen molar-refractivity contribution in [3.63, 3.8) is 0 Å². The van der Waals surface area contributed by atoms with Gasteiger partial charge in [0.05, 0.1) is 11.2 Å². The SMILES string of the molecule is O=NN1CCSC1. The molecule has 7 heavy (non-hydrogen) atoms. The van der Waals surface area contributed by atoms with Crippen LogP contribution in [-0.4, -0.2) is 23.2 Å². The topological polar surface area (TPSA) is 32.7 Å². The van der Waals surface area contributed by atoms with Crippen LogP contribution < -0.4 is 0 Å². The molecule has 1 rings (SSSR count). The Labute approximate surface area is 46.0 Å². The number of thioether (sulfide) groups is 1. The lowest BCUT2D eigenvalue weighted by atomic mass is 10.7. The minimum absolute atomic E-state index is 0.781. The van der Waals surface area contributed by atoms with Gasteiger partial charge in [-0.3, -0.25) is 5.01 Å². The summed E-state index contributed by atoms with van der Waals surface area (Å²) in [5.74, 6) is 1.83. The fourth-order valence-electron chi connectivity index (χ4n) is 0.469. The van der Waals surface area contributed by atoms with Crippen molar-refractivity contribution >= 4 is 11.8 Å². The Hall–Kier alpha value is -0.250. The summed E-state index contributed by atoms with van der Waals surface area (Å²) < 4.78 is 0. The number of hydrogen-bond acceptors (Lipinski definition) is 3.